The van der Waals surface area contributed by atoms with Gasteiger partial charge in [-0.2, -0.15) is 18.4 Å². The van der Waals surface area contributed by atoms with Gasteiger partial charge in [0.25, 0.3) is 0 Å². The Kier molecular flexibility index (Phi) is 5.15. The molecule has 148 valence electrons. The first kappa shape index (κ1) is 19.0. The van der Waals surface area contributed by atoms with Crippen molar-refractivity contribution in [3.63, 3.8) is 0 Å². The van der Waals surface area contributed by atoms with Crippen molar-refractivity contribution in [1.29, 1.82) is 5.26 Å². The summed E-state index contributed by atoms with van der Waals surface area (Å²) in [4.78, 5) is 8.39. The second-order valence-corrected chi connectivity index (χ2v) is 7.77. The zero-order valence-electron chi connectivity index (χ0n) is 15.6. The molecule has 2 aliphatic rings. The number of aromatic nitrogens is 1. The number of hydrogen-bond acceptors (Lipinski definition) is 4. The van der Waals surface area contributed by atoms with E-state index in [0.717, 1.165) is 43.4 Å². The quantitative estimate of drug-likeness (QED) is 0.767. The molecule has 28 heavy (non-hydrogen) atoms. The molecule has 2 unspecified atom stereocenters. The minimum absolute atomic E-state index is 0.0519. The maximum atomic E-state index is 13.7. The van der Waals surface area contributed by atoms with Crippen LogP contribution in [0.3, 0.4) is 0 Å². The van der Waals surface area contributed by atoms with E-state index < -0.39 is 12.1 Å². The first-order chi connectivity index (χ1) is 13.5. The Bertz CT molecular complexity index is 883. The standard InChI is InChI=1S/C21H23F3N4/c22-21(23,24)16-11-17(27-9-2-1-3-10-27)14-28(13-16)19-7-6-15(12-25)20-18(19)5-4-8-26-20/h4-8,16-17H,1-3,9-11,13-14H2. The predicted molar refractivity (Wildman–Crippen MR) is 102 cm³/mol. The molecule has 0 radical (unpaired) electrons. The van der Waals surface area contributed by atoms with Gasteiger partial charge in [0.15, 0.2) is 0 Å². The zero-order chi connectivity index (χ0) is 19.7. The number of rotatable bonds is 2. The Morgan fingerprint density at radius 1 is 1.07 bits per heavy atom. The number of pyridine rings is 1. The van der Waals surface area contributed by atoms with E-state index >= 15 is 0 Å². The molecule has 0 saturated carbocycles. The molecule has 0 aliphatic carbocycles. The third-order valence-corrected chi connectivity index (χ3v) is 6.01. The Balaban J connectivity index is 1.71. The van der Waals surface area contributed by atoms with Crippen molar-refractivity contribution in [1.82, 2.24) is 9.88 Å². The number of fused-ring (bicyclic) bond motifs is 1. The lowest BCUT2D eigenvalue weighted by molar-refractivity contribution is -0.180. The summed E-state index contributed by atoms with van der Waals surface area (Å²) < 4.78 is 41.1. The monoisotopic (exact) mass is 388 g/mol. The molecule has 1 aromatic heterocycles. The van der Waals surface area contributed by atoms with Crippen LogP contribution in [0.25, 0.3) is 10.9 Å². The van der Waals surface area contributed by atoms with Crippen molar-refractivity contribution in [2.24, 2.45) is 5.92 Å². The van der Waals surface area contributed by atoms with Gasteiger partial charge < -0.3 is 4.90 Å². The van der Waals surface area contributed by atoms with Gasteiger partial charge in [0.2, 0.25) is 0 Å². The van der Waals surface area contributed by atoms with Crippen LogP contribution in [-0.4, -0.2) is 48.3 Å². The van der Waals surface area contributed by atoms with Gasteiger partial charge in [-0.25, -0.2) is 0 Å². The molecule has 1 aromatic carbocycles. The Hall–Kier alpha value is -2.33. The highest BCUT2D eigenvalue weighted by atomic mass is 19.4. The lowest BCUT2D eigenvalue weighted by atomic mass is 9.90. The third kappa shape index (κ3) is 3.66. The van der Waals surface area contributed by atoms with E-state index in [1.54, 1.807) is 24.4 Å². The van der Waals surface area contributed by atoms with E-state index in [9.17, 15) is 18.4 Å². The number of anilines is 1. The first-order valence-corrected chi connectivity index (χ1v) is 9.81. The maximum absolute atomic E-state index is 13.7. The van der Waals surface area contributed by atoms with Crippen molar-refractivity contribution in [2.75, 3.05) is 31.1 Å². The van der Waals surface area contributed by atoms with Crippen LogP contribution in [0.15, 0.2) is 30.5 Å². The molecular weight excluding hydrogens is 365 g/mol. The third-order valence-electron chi connectivity index (χ3n) is 6.01. The number of halogens is 3. The van der Waals surface area contributed by atoms with Crippen molar-refractivity contribution < 1.29 is 13.2 Å². The van der Waals surface area contributed by atoms with Gasteiger partial charge >= 0.3 is 6.18 Å². The topological polar surface area (TPSA) is 43.2 Å². The van der Waals surface area contributed by atoms with Crippen LogP contribution in [0.2, 0.25) is 0 Å². The summed E-state index contributed by atoms with van der Waals surface area (Å²) in [6, 6.07) is 9.06. The molecule has 2 fully saturated rings. The number of nitrogens with zero attached hydrogens (tertiary/aromatic N) is 4. The van der Waals surface area contributed by atoms with Gasteiger partial charge in [-0.15, -0.1) is 0 Å². The summed E-state index contributed by atoms with van der Waals surface area (Å²) in [5.74, 6) is -1.35. The molecule has 3 heterocycles. The fourth-order valence-corrected chi connectivity index (χ4v) is 4.58. The second-order valence-electron chi connectivity index (χ2n) is 7.77. The molecule has 7 heteroatoms. The van der Waals surface area contributed by atoms with Crippen molar-refractivity contribution in [3.05, 3.63) is 36.0 Å². The highest BCUT2D eigenvalue weighted by molar-refractivity contribution is 5.95. The van der Waals surface area contributed by atoms with E-state index in [0.29, 0.717) is 17.6 Å². The second kappa shape index (κ2) is 7.59. The van der Waals surface area contributed by atoms with Crippen LogP contribution >= 0.6 is 0 Å². The molecule has 0 amide bonds. The Morgan fingerprint density at radius 2 is 1.86 bits per heavy atom. The largest absolute Gasteiger partial charge is 0.393 e. The average molecular weight is 388 g/mol. The van der Waals surface area contributed by atoms with E-state index in [1.165, 1.54) is 0 Å². The first-order valence-electron chi connectivity index (χ1n) is 9.81. The lowest BCUT2D eigenvalue weighted by Crippen LogP contribution is -2.55. The smallest absolute Gasteiger partial charge is 0.369 e. The van der Waals surface area contributed by atoms with Gasteiger partial charge in [-0.1, -0.05) is 6.42 Å². The number of alkyl halides is 3. The molecule has 2 saturated heterocycles. The highest BCUT2D eigenvalue weighted by Gasteiger charge is 2.46. The molecule has 2 atom stereocenters. The molecule has 4 nitrogen and oxygen atoms in total. The van der Waals surface area contributed by atoms with Gasteiger partial charge in [0, 0.05) is 36.4 Å². The highest BCUT2D eigenvalue weighted by Crippen LogP contribution is 2.38. The summed E-state index contributed by atoms with van der Waals surface area (Å²) in [5.41, 5.74) is 1.72. The van der Waals surface area contributed by atoms with Gasteiger partial charge in [0.05, 0.1) is 17.0 Å². The SMILES string of the molecule is N#Cc1ccc(N2CC(N3CCCCC3)CC(C(F)(F)F)C2)c2cccnc12. The van der Waals surface area contributed by atoms with E-state index in [4.69, 9.17) is 0 Å². The number of benzene rings is 1. The fourth-order valence-electron chi connectivity index (χ4n) is 4.58. The van der Waals surface area contributed by atoms with Crippen LogP contribution in [-0.2, 0) is 0 Å². The van der Waals surface area contributed by atoms with Crippen molar-refractivity contribution >= 4 is 16.6 Å². The van der Waals surface area contributed by atoms with Gasteiger partial charge in [-0.05, 0) is 56.6 Å². The van der Waals surface area contributed by atoms with E-state index in [2.05, 4.69) is 16.0 Å². The van der Waals surface area contributed by atoms with Crippen LogP contribution in [0.4, 0.5) is 18.9 Å². The van der Waals surface area contributed by atoms with Crippen LogP contribution in [0.5, 0.6) is 0 Å². The minimum atomic E-state index is -4.21. The molecule has 0 spiro atoms. The van der Waals surface area contributed by atoms with Gasteiger partial charge in [0.1, 0.15) is 6.07 Å². The molecule has 0 N–H and O–H groups in total. The van der Waals surface area contributed by atoms with E-state index in [1.807, 2.05) is 11.0 Å². The number of hydrogen-bond donors (Lipinski definition) is 0. The van der Waals surface area contributed by atoms with Crippen molar-refractivity contribution in [3.8, 4) is 6.07 Å². The average Bonchev–Trinajstić information content (AvgIpc) is 2.72. The molecule has 2 aromatic rings. The predicted octanol–water partition coefficient (Wildman–Crippen LogP) is 4.35. The fraction of sp³-hybridized carbons (Fsp3) is 0.524. The van der Waals surface area contributed by atoms with Crippen molar-refractivity contribution in [2.45, 2.75) is 37.9 Å². The molecular formula is C21H23F3N4. The Labute approximate surface area is 162 Å². The summed E-state index contributed by atoms with van der Waals surface area (Å²) in [6.07, 6.45) is 0.813. The van der Waals surface area contributed by atoms with Gasteiger partial charge in [-0.3, -0.25) is 9.88 Å². The molecule has 0 bridgehead atoms. The van der Waals surface area contributed by atoms with Crippen LogP contribution < -0.4 is 4.90 Å². The zero-order valence-corrected chi connectivity index (χ0v) is 15.6. The molecule has 2 aliphatic heterocycles. The minimum Gasteiger partial charge on any atom is -0.369 e. The summed E-state index contributed by atoms with van der Waals surface area (Å²) >= 11 is 0. The summed E-state index contributed by atoms with van der Waals surface area (Å²) in [6.45, 7) is 2.27. The molecule has 4 rings (SSSR count). The number of piperidine rings is 2. The Morgan fingerprint density at radius 3 is 2.57 bits per heavy atom. The maximum Gasteiger partial charge on any atom is 0.393 e. The normalized spacial score (nSPS) is 24.3. The van der Waals surface area contributed by atoms with Crippen LogP contribution in [0, 0.1) is 17.2 Å². The number of nitriles is 1. The number of likely N-dealkylation sites (tertiary alicyclic amines) is 1. The lowest BCUT2D eigenvalue weighted by Gasteiger charge is -2.45. The summed E-state index contributed by atoms with van der Waals surface area (Å²) in [7, 11) is 0. The summed E-state index contributed by atoms with van der Waals surface area (Å²) in [5, 5.41) is 10.1. The van der Waals surface area contributed by atoms with E-state index in [-0.39, 0.29) is 19.0 Å². The van der Waals surface area contributed by atoms with Crippen LogP contribution in [0.1, 0.15) is 31.2 Å².